The van der Waals surface area contributed by atoms with E-state index in [1.54, 1.807) is 0 Å². The molecule has 4 atom stereocenters. The van der Waals surface area contributed by atoms with E-state index in [9.17, 15) is 0 Å². The molecule has 2 heteroatoms. The van der Waals surface area contributed by atoms with E-state index in [-0.39, 0.29) is 0 Å². The highest BCUT2D eigenvalue weighted by atomic mass is 15.1. The summed E-state index contributed by atoms with van der Waals surface area (Å²) in [5.74, 6) is 3.05. The van der Waals surface area contributed by atoms with Crippen molar-refractivity contribution < 1.29 is 0 Å². The lowest BCUT2D eigenvalue weighted by molar-refractivity contribution is 0.125. The molecule has 0 aromatic heterocycles. The quantitative estimate of drug-likeness (QED) is 0.798. The van der Waals surface area contributed by atoms with Crippen LogP contribution in [0.15, 0.2) is 0 Å². The van der Waals surface area contributed by atoms with Gasteiger partial charge in [-0.2, -0.15) is 0 Å². The van der Waals surface area contributed by atoms with E-state index in [0.29, 0.717) is 12.0 Å². The van der Waals surface area contributed by atoms with Crippen LogP contribution in [0, 0.1) is 23.7 Å². The summed E-state index contributed by atoms with van der Waals surface area (Å²) < 4.78 is 0. The van der Waals surface area contributed by atoms with Crippen molar-refractivity contribution in [3.05, 3.63) is 0 Å². The minimum atomic E-state index is 0.411. The average Bonchev–Trinajstić information content (AvgIpc) is 2.09. The Hall–Kier alpha value is -0.0800. The van der Waals surface area contributed by atoms with Gasteiger partial charge in [0.05, 0.1) is 0 Å². The molecule has 16 heavy (non-hydrogen) atoms. The van der Waals surface area contributed by atoms with E-state index in [2.05, 4.69) is 39.6 Å². The number of nitrogens with zero attached hydrogens (tertiary/aromatic N) is 1. The van der Waals surface area contributed by atoms with Crippen LogP contribution in [0.5, 0.6) is 0 Å². The van der Waals surface area contributed by atoms with Gasteiger partial charge in [0.25, 0.3) is 0 Å². The second-order valence-electron chi connectivity index (χ2n) is 6.50. The van der Waals surface area contributed by atoms with Gasteiger partial charge in [-0.05, 0) is 43.6 Å². The molecule has 2 N–H and O–H groups in total. The molecule has 0 aromatic rings. The smallest absolute Gasteiger partial charge is 0.00844 e. The highest BCUT2D eigenvalue weighted by Gasteiger charge is 2.32. The molecule has 0 amide bonds. The highest BCUT2D eigenvalue weighted by Crippen LogP contribution is 2.33. The highest BCUT2D eigenvalue weighted by molar-refractivity contribution is 4.87. The molecule has 0 spiro atoms. The molecule has 1 rings (SSSR count). The molecule has 0 heterocycles. The first-order chi connectivity index (χ1) is 7.40. The first-order valence-corrected chi connectivity index (χ1v) is 6.84. The minimum absolute atomic E-state index is 0.411. The summed E-state index contributed by atoms with van der Waals surface area (Å²) in [7, 11) is 2.23. The summed E-state index contributed by atoms with van der Waals surface area (Å²) in [4.78, 5) is 2.46. The zero-order chi connectivity index (χ0) is 12.3. The molecule has 0 aromatic carbocycles. The van der Waals surface area contributed by atoms with E-state index in [0.717, 1.165) is 17.8 Å². The van der Waals surface area contributed by atoms with Gasteiger partial charge in [0, 0.05) is 19.1 Å². The Bertz CT molecular complexity index is 191. The Morgan fingerprint density at radius 3 is 2.38 bits per heavy atom. The van der Waals surface area contributed by atoms with Crippen LogP contribution in [-0.2, 0) is 0 Å². The summed E-state index contributed by atoms with van der Waals surface area (Å²) in [6.07, 6.45) is 2.57. The largest absolute Gasteiger partial charge is 0.327 e. The molecule has 96 valence electrons. The van der Waals surface area contributed by atoms with Crippen molar-refractivity contribution in [1.82, 2.24) is 4.90 Å². The van der Waals surface area contributed by atoms with Gasteiger partial charge in [-0.25, -0.2) is 0 Å². The maximum atomic E-state index is 6.31. The normalized spacial score (nSPS) is 36.0. The topological polar surface area (TPSA) is 29.3 Å². The Labute approximate surface area is 102 Å². The fraction of sp³-hybridized carbons (Fsp3) is 1.00. The first kappa shape index (κ1) is 14.0. The first-order valence-electron chi connectivity index (χ1n) is 6.84. The maximum absolute atomic E-state index is 6.31. The second kappa shape index (κ2) is 6.02. The fourth-order valence-corrected chi connectivity index (χ4v) is 3.34. The van der Waals surface area contributed by atoms with Gasteiger partial charge in [-0.1, -0.05) is 27.7 Å². The van der Waals surface area contributed by atoms with Crippen LogP contribution in [0.25, 0.3) is 0 Å². The summed E-state index contributed by atoms with van der Waals surface area (Å²) in [6.45, 7) is 11.6. The lowest BCUT2D eigenvalue weighted by Crippen LogP contribution is -2.46. The van der Waals surface area contributed by atoms with Gasteiger partial charge >= 0.3 is 0 Å². The van der Waals surface area contributed by atoms with E-state index >= 15 is 0 Å². The predicted octanol–water partition coefficient (Wildman–Crippen LogP) is 2.58. The third-order valence-electron chi connectivity index (χ3n) is 3.93. The third-order valence-corrected chi connectivity index (χ3v) is 3.93. The van der Waals surface area contributed by atoms with Crippen LogP contribution in [0.1, 0.15) is 40.5 Å². The molecule has 0 bridgehead atoms. The van der Waals surface area contributed by atoms with Crippen LogP contribution in [0.4, 0.5) is 0 Å². The Kier molecular flexibility index (Phi) is 5.26. The molecular formula is C14H30N2. The standard InChI is InChI=1S/C14H30N2/c1-10(2)8-16(5)9-13-12(4)6-11(3)7-14(13)15/h10-14H,6-9,15H2,1-5H3. The lowest BCUT2D eigenvalue weighted by atomic mass is 9.72. The van der Waals surface area contributed by atoms with Gasteiger partial charge < -0.3 is 10.6 Å². The number of hydrogen-bond acceptors (Lipinski definition) is 2. The summed E-state index contributed by atoms with van der Waals surface area (Å²) >= 11 is 0. The molecule has 1 aliphatic rings. The van der Waals surface area contributed by atoms with Crippen LogP contribution >= 0.6 is 0 Å². The monoisotopic (exact) mass is 226 g/mol. The van der Waals surface area contributed by atoms with Gasteiger partial charge in [0.2, 0.25) is 0 Å². The van der Waals surface area contributed by atoms with Gasteiger partial charge in [0.1, 0.15) is 0 Å². The molecule has 4 unspecified atom stereocenters. The fourth-order valence-electron chi connectivity index (χ4n) is 3.34. The Morgan fingerprint density at radius 1 is 1.25 bits per heavy atom. The third kappa shape index (κ3) is 4.06. The molecule has 1 saturated carbocycles. The van der Waals surface area contributed by atoms with Crippen molar-refractivity contribution in [2.24, 2.45) is 29.4 Å². The summed E-state index contributed by atoms with van der Waals surface area (Å²) in [6, 6.07) is 0.411. The Morgan fingerprint density at radius 2 is 1.88 bits per heavy atom. The van der Waals surface area contributed by atoms with Crippen molar-refractivity contribution in [3.8, 4) is 0 Å². The van der Waals surface area contributed by atoms with Gasteiger partial charge in [0.15, 0.2) is 0 Å². The molecule has 1 fully saturated rings. The van der Waals surface area contributed by atoms with Crippen molar-refractivity contribution in [1.29, 1.82) is 0 Å². The average molecular weight is 226 g/mol. The van der Waals surface area contributed by atoms with Crippen LogP contribution in [-0.4, -0.2) is 31.1 Å². The maximum Gasteiger partial charge on any atom is 0.00844 e. The van der Waals surface area contributed by atoms with E-state index in [4.69, 9.17) is 5.73 Å². The lowest BCUT2D eigenvalue weighted by Gasteiger charge is -2.40. The van der Waals surface area contributed by atoms with Crippen LogP contribution < -0.4 is 5.73 Å². The predicted molar refractivity (Wildman–Crippen MR) is 71.4 cm³/mol. The van der Waals surface area contributed by atoms with E-state index in [1.165, 1.54) is 25.9 Å². The van der Waals surface area contributed by atoms with Crippen molar-refractivity contribution in [2.45, 2.75) is 46.6 Å². The molecule has 1 aliphatic carbocycles. The molecule has 0 radical (unpaired) electrons. The minimum Gasteiger partial charge on any atom is -0.327 e. The summed E-state index contributed by atoms with van der Waals surface area (Å²) in [5, 5.41) is 0. The van der Waals surface area contributed by atoms with E-state index < -0.39 is 0 Å². The van der Waals surface area contributed by atoms with Gasteiger partial charge in [-0.3, -0.25) is 0 Å². The Balaban J connectivity index is 2.45. The zero-order valence-electron chi connectivity index (χ0n) is 11.7. The summed E-state index contributed by atoms with van der Waals surface area (Å²) in [5.41, 5.74) is 6.31. The van der Waals surface area contributed by atoms with Crippen LogP contribution in [0.2, 0.25) is 0 Å². The molecule has 2 nitrogen and oxygen atoms in total. The number of rotatable bonds is 4. The molecule has 0 aliphatic heterocycles. The molecular weight excluding hydrogens is 196 g/mol. The van der Waals surface area contributed by atoms with Crippen LogP contribution in [0.3, 0.4) is 0 Å². The zero-order valence-corrected chi connectivity index (χ0v) is 11.7. The van der Waals surface area contributed by atoms with Crippen molar-refractivity contribution >= 4 is 0 Å². The number of nitrogens with two attached hydrogens (primary N) is 1. The van der Waals surface area contributed by atoms with Crippen molar-refractivity contribution in [3.63, 3.8) is 0 Å². The van der Waals surface area contributed by atoms with E-state index in [1.807, 2.05) is 0 Å². The van der Waals surface area contributed by atoms with Crippen molar-refractivity contribution in [2.75, 3.05) is 20.1 Å². The second-order valence-corrected chi connectivity index (χ2v) is 6.50. The van der Waals surface area contributed by atoms with Gasteiger partial charge in [-0.15, -0.1) is 0 Å². The SMILES string of the molecule is CC(C)CN(C)CC1C(C)CC(C)CC1N. The molecule has 0 saturated heterocycles. The number of hydrogen-bond donors (Lipinski definition) is 1.